The lowest BCUT2D eigenvalue weighted by Crippen LogP contribution is -2.35. The van der Waals surface area contributed by atoms with Gasteiger partial charge >= 0.3 is 0 Å². The van der Waals surface area contributed by atoms with Crippen molar-refractivity contribution in [2.24, 2.45) is 0 Å². The van der Waals surface area contributed by atoms with Crippen molar-refractivity contribution in [2.45, 2.75) is 12.2 Å². The first-order valence-electron chi connectivity index (χ1n) is 12.3. The molecule has 2 N–H and O–H groups in total. The summed E-state index contributed by atoms with van der Waals surface area (Å²) in [6.07, 6.45) is -0.306. The van der Waals surface area contributed by atoms with E-state index in [2.05, 4.69) is 10.6 Å². The lowest BCUT2D eigenvalue weighted by Gasteiger charge is -2.27. The highest BCUT2D eigenvalue weighted by Crippen LogP contribution is 2.34. The number of rotatable bonds is 9. The SMILES string of the molecule is COCCN1C(=O)c2ccccc2[C@H]1Nc1ccc(C(=O)NC(c2ccccc2)c2ccccc2)cc1. The van der Waals surface area contributed by atoms with E-state index in [1.165, 1.54) is 0 Å². The van der Waals surface area contributed by atoms with Crippen LogP contribution in [0.25, 0.3) is 0 Å². The fourth-order valence-electron chi connectivity index (χ4n) is 4.69. The molecule has 0 aliphatic carbocycles. The highest BCUT2D eigenvalue weighted by molar-refractivity contribution is 5.99. The molecule has 6 heteroatoms. The number of nitrogens with one attached hydrogen (secondary N) is 2. The summed E-state index contributed by atoms with van der Waals surface area (Å²) in [4.78, 5) is 28.0. The normalized spacial score (nSPS) is 14.5. The number of methoxy groups -OCH3 is 1. The van der Waals surface area contributed by atoms with Gasteiger partial charge in [0.05, 0.1) is 12.6 Å². The summed E-state index contributed by atoms with van der Waals surface area (Å²) in [5, 5.41) is 6.64. The van der Waals surface area contributed by atoms with Crippen LogP contribution < -0.4 is 10.6 Å². The van der Waals surface area contributed by atoms with Crippen molar-refractivity contribution in [1.29, 1.82) is 0 Å². The Morgan fingerprint density at radius 1 is 0.838 bits per heavy atom. The molecule has 0 unspecified atom stereocenters. The second kappa shape index (κ2) is 11.1. The molecule has 5 rings (SSSR count). The summed E-state index contributed by atoms with van der Waals surface area (Å²) in [6, 6.07) is 34.6. The zero-order chi connectivity index (χ0) is 25.6. The van der Waals surface area contributed by atoms with Crippen molar-refractivity contribution in [3.05, 3.63) is 137 Å². The van der Waals surface area contributed by atoms with Gasteiger partial charge in [-0.25, -0.2) is 0 Å². The van der Waals surface area contributed by atoms with Gasteiger partial charge in [-0.15, -0.1) is 0 Å². The van der Waals surface area contributed by atoms with Crippen molar-refractivity contribution >= 4 is 17.5 Å². The predicted octanol–water partition coefficient (Wildman–Crippen LogP) is 5.42. The van der Waals surface area contributed by atoms with Gasteiger partial charge < -0.3 is 20.3 Å². The number of anilines is 1. The number of carbonyl (C=O) groups is 2. The molecule has 0 saturated heterocycles. The van der Waals surface area contributed by atoms with Gasteiger partial charge in [-0.3, -0.25) is 9.59 Å². The maximum atomic E-state index is 13.2. The Bertz CT molecular complexity index is 1320. The van der Waals surface area contributed by atoms with Crippen LogP contribution in [-0.2, 0) is 4.74 Å². The maximum Gasteiger partial charge on any atom is 0.256 e. The lowest BCUT2D eigenvalue weighted by molar-refractivity contribution is 0.0674. The molecule has 186 valence electrons. The Hall–Kier alpha value is -4.42. The van der Waals surface area contributed by atoms with Crippen LogP contribution in [0.1, 0.15) is 49.6 Å². The third kappa shape index (κ3) is 5.25. The summed E-state index contributed by atoms with van der Waals surface area (Å²) < 4.78 is 5.22. The first-order valence-corrected chi connectivity index (χ1v) is 12.3. The smallest absolute Gasteiger partial charge is 0.256 e. The Balaban J connectivity index is 1.33. The third-order valence-corrected chi connectivity index (χ3v) is 6.59. The second-order valence-corrected chi connectivity index (χ2v) is 8.93. The van der Waals surface area contributed by atoms with Gasteiger partial charge in [0.2, 0.25) is 0 Å². The van der Waals surface area contributed by atoms with Crippen LogP contribution >= 0.6 is 0 Å². The second-order valence-electron chi connectivity index (χ2n) is 8.93. The van der Waals surface area contributed by atoms with Crippen LogP contribution in [0, 0.1) is 0 Å². The van der Waals surface area contributed by atoms with Gasteiger partial charge in [-0.05, 0) is 41.5 Å². The number of ether oxygens (including phenoxy) is 1. The summed E-state index contributed by atoms with van der Waals surface area (Å²) in [6.45, 7) is 0.920. The minimum absolute atomic E-state index is 0.0194. The Morgan fingerprint density at radius 2 is 1.43 bits per heavy atom. The fourth-order valence-corrected chi connectivity index (χ4v) is 4.69. The number of nitrogens with zero attached hydrogens (tertiary/aromatic N) is 1. The van der Waals surface area contributed by atoms with Gasteiger partial charge in [0.1, 0.15) is 6.17 Å². The van der Waals surface area contributed by atoms with E-state index < -0.39 is 0 Å². The molecule has 0 radical (unpaired) electrons. The summed E-state index contributed by atoms with van der Waals surface area (Å²) >= 11 is 0. The number of amides is 2. The predicted molar refractivity (Wildman–Crippen MR) is 144 cm³/mol. The first kappa shape index (κ1) is 24.3. The summed E-state index contributed by atoms with van der Waals surface area (Å²) in [5.41, 5.74) is 5.03. The molecule has 0 fully saturated rings. The van der Waals surface area contributed by atoms with Gasteiger partial charge in [0.25, 0.3) is 11.8 Å². The van der Waals surface area contributed by atoms with Crippen molar-refractivity contribution < 1.29 is 14.3 Å². The average molecular weight is 492 g/mol. The van der Waals surface area contributed by atoms with Gasteiger partial charge in [0.15, 0.2) is 0 Å². The quantitative estimate of drug-likeness (QED) is 0.328. The topological polar surface area (TPSA) is 70.7 Å². The van der Waals surface area contributed by atoms with Crippen molar-refractivity contribution in [3.63, 3.8) is 0 Å². The van der Waals surface area contributed by atoms with Gasteiger partial charge in [-0.2, -0.15) is 0 Å². The molecular weight excluding hydrogens is 462 g/mol. The van der Waals surface area contributed by atoms with Gasteiger partial charge in [0, 0.05) is 36.0 Å². The molecule has 0 saturated carbocycles. The van der Waals surface area contributed by atoms with E-state index in [0.29, 0.717) is 24.3 Å². The van der Waals surface area contributed by atoms with E-state index in [4.69, 9.17) is 4.74 Å². The first-order chi connectivity index (χ1) is 18.2. The number of hydrogen-bond donors (Lipinski definition) is 2. The van der Waals surface area contributed by atoms with Crippen LogP contribution in [0.2, 0.25) is 0 Å². The zero-order valence-electron chi connectivity index (χ0n) is 20.6. The largest absolute Gasteiger partial charge is 0.383 e. The summed E-state index contributed by atoms with van der Waals surface area (Å²) in [7, 11) is 1.63. The number of carbonyl (C=O) groups excluding carboxylic acids is 2. The van der Waals surface area contributed by atoms with Crippen molar-refractivity contribution in [2.75, 3.05) is 25.6 Å². The van der Waals surface area contributed by atoms with Crippen molar-refractivity contribution in [1.82, 2.24) is 10.2 Å². The zero-order valence-corrected chi connectivity index (χ0v) is 20.6. The Kier molecular flexibility index (Phi) is 7.28. The molecule has 1 aliphatic heterocycles. The highest BCUT2D eigenvalue weighted by Gasteiger charge is 2.36. The minimum Gasteiger partial charge on any atom is -0.383 e. The molecule has 4 aromatic carbocycles. The standard InChI is InChI=1S/C31H29N3O3/c1-37-21-20-34-29(26-14-8-9-15-27(26)31(34)36)32-25-18-16-24(17-19-25)30(35)33-28(22-10-4-2-5-11-22)23-12-6-3-7-13-23/h2-19,28-29,32H,20-21H2,1H3,(H,33,35)/t29-/m0/s1. The van der Waals surface area contributed by atoms with Crippen molar-refractivity contribution in [3.8, 4) is 0 Å². The Labute approximate surface area is 216 Å². The molecule has 0 spiro atoms. The average Bonchev–Trinajstić information content (AvgIpc) is 3.22. The molecular formula is C31H29N3O3. The molecule has 1 aliphatic rings. The number of fused-ring (bicyclic) bond motifs is 1. The molecule has 37 heavy (non-hydrogen) atoms. The number of benzene rings is 4. The van der Waals surface area contributed by atoms with E-state index in [0.717, 1.165) is 22.4 Å². The summed E-state index contributed by atoms with van der Waals surface area (Å²) in [5.74, 6) is -0.179. The molecule has 0 aromatic heterocycles. The fraction of sp³-hybridized carbons (Fsp3) is 0.161. The molecule has 2 amide bonds. The number of hydrogen-bond acceptors (Lipinski definition) is 4. The van der Waals surface area contributed by atoms with E-state index in [-0.39, 0.29) is 24.0 Å². The molecule has 6 nitrogen and oxygen atoms in total. The van der Waals surface area contributed by atoms with Crippen LogP contribution in [0.5, 0.6) is 0 Å². The molecule has 0 bridgehead atoms. The van der Waals surface area contributed by atoms with Crippen LogP contribution in [0.15, 0.2) is 109 Å². The lowest BCUT2D eigenvalue weighted by atomic mass is 9.98. The van der Waals surface area contributed by atoms with E-state index >= 15 is 0 Å². The van der Waals surface area contributed by atoms with E-state index in [1.54, 1.807) is 24.1 Å². The van der Waals surface area contributed by atoms with E-state index in [9.17, 15) is 9.59 Å². The van der Waals surface area contributed by atoms with E-state index in [1.807, 2.05) is 97.1 Å². The van der Waals surface area contributed by atoms with Crippen LogP contribution in [-0.4, -0.2) is 37.0 Å². The molecule has 1 heterocycles. The maximum absolute atomic E-state index is 13.2. The Morgan fingerprint density at radius 3 is 2.05 bits per heavy atom. The molecule has 1 atom stereocenters. The van der Waals surface area contributed by atoms with Gasteiger partial charge in [-0.1, -0.05) is 78.9 Å². The van der Waals surface area contributed by atoms with Crippen LogP contribution in [0.4, 0.5) is 5.69 Å². The molecule has 4 aromatic rings. The monoisotopic (exact) mass is 491 g/mol. The minimum atomic E-state index is -0.306. The third-order valence-electron chi connectivity index (χ3n) is 6.59. The van der Waals surface area contributed by atoms with Crippen LogP contribution in [0.3, 0.4) is 0 Å². The highest BCUT2D eigenvalue weighted by atomic mass is 16.5.